The number of anilines is 1. The van der Waals surface area contributed by atoms with Gasteiger partial charge in [-0.3, -0.25) is 4.79 Å². The van der Waals surface area contributed by atoms with Crippen LogP contribution in [-0.4, -0.2) is 24.1 Å². The summed E-state index contributed by atoms with van der Waals surface area (Å²) >= 11 is 12.1. The molecule has 6 nitrogen and oxygen atoms in total. The van der Waals surface area contributed by atoms with Gasteiger partial charge in [0.05, 0.1) is 24.4 Å². The maximum absolute atomic E-state index is 12.3. The zero-order valence-electron chi connectivity index (χ0n) is 15.4. The van der Waals surface area contributed by atoms with Crippen molar-refractivity contribution in [3.63, 3.8) is 0 Å². The van der Waals surface area contributed by atoms with Gasteiger partial charge in [-0.25, -0.2) is 4.98 Å². The number of ether oxygens (including phenoxy) is 2. The van der Waals surface area contributed by atoms with Gasteiger partial charge in [-0.05, 0) is 30.3 Å². The molecule has 0 bridgehead atoms. The normalized spacial score (nSPS) is 13.0. The van der Waals surface area contributed by atoms with Crippen molar-refractivity contribution >= 4 is 34.8 Å². The number of aryl methyl sites for hydroxylation is 1. The first kappa shape index (κ1) is 19.6. The van der Waals surface area contributed by atoms with Crippen molar-refractivity contribution in [1.29, 1.82) is 0 Å². The van der Waals surface area contributed by atoms with Crippen LogP contribution in [0.4, 0.5) is 5.69 Å². The Morgan fingerprint density at radius 3 is 2.72 bits per heavy atom. The lowest BCUT2D eigenvalue weighted by Crippen LogP contribution is -2.12. The lowest BCUT2D eigenvalue weighted by Gasteiger charge is -2.10. The van der Waals surface area contributed by atoms with E-state index in [1.165, 1.54) is 0 Å². The molecule has 8 heteroatoms. The number of carbonyl (C=O) groups excluding carboxylic acids is 1. The van der Waals surface area contributed by atoms with Gasteiger partial charge in [-0.2, -0.15) is 0 Å². The molecule has 29 heavy (non-hydrogen) atoms. The van der Waals surface area contributed by atoms with E-state index in [1.54, 1.807) is 42.6 Å². The standard InChI is InChI=1S/C21H18Cl2N2O4/c22-13-2-4-15(16(23)10-13)19-12-24-21(29-19)7-6-20(26)25-14-3-5-17-18(11-14)28-9-1-8-27-17/h2-5,10-12H,1,6-9H2,(H,25,26). The fourth-order valence-corrected chi connectivity index (χ4v) is 3.43. The Bertz CT molecular complexity index is 1040. The average Bonchev–Trinajstić information content (AvgIpc) is 3.03. The quantitative estimate of drug-likeness (QED) is 0.585. The van der Waals surface area contributed by atoms with E-state index in [0.29, 0.717) is 64.1 Å². The molecule has 0 radical (unpaired) electrons. The van der Waals surface area contributed by atoms with E-state index in [1.807, 2.05) is 0 Å². The first-order chi connectivity index (χ1) is 14.1. The number of aromatic nitrogens is 1. The van der Waals surface area contributed by atoms with Gasteiger partial charge in [0.25, 0.3) is 0 Å². The summed E-state index contributed by atoms with van der Waals surface area (Å²) in [6.07, 6.45) is 3.01. The zero-order chi connectivity index (χ0) is 20.2. The third-order valence-electron chi connectivity index (χ3n) is 4.35. The lowest BCUT2D eigenvalue weighted by molar-refractivity contribution is -0.116. The minimum absolute atomic E-state index is 0.149. The number of oxazole rings is 1. The molecule has 0 fully saturated rings. The summed E-state index contributed by atoms with van der Waals surface area (Å²) < 4.78 is 17.0. The SMILES string of the molecule is O=C(CCc1ncc(-c2ccc(Cl)cc2Cl)o1)Nc1ccc2c(c1)OCCCO2. The maximum atomic E-state index is 12.3. The second-order valence-corrected chi connectivity index (χ2v) is 7.35. The van der Waals surface area contributed by atoms with Crippen molar-refractivity contribution in [2.75, 3.05) is 18.5 Å². The van der Waals surface area contributed by atoms with Gasteiger partial charge >= 0.3 is 0 Å². The third-order valence-corrected chi connectivity index (χ3v) is 4.90. The number of nitrogens with one attached hydrogen (secondary N) is 1. The molecule has 1 aliphatic heterocycles. The van der Waals surface area contributed by atoms with E-state index < -0.39 is 0 Å². The molecule has 1 amide bonds. The Labute approximate surface area is 177 Å². The highest BCUT2D eigenvalue weighted by molar-refractivity contribution is 6.36. The largest absolute Gasteiger partial charge is 0.490 e. The van der Waals surface area contributed by atoms with Gasteiger partial charge < -0.3 is 19.2 Å². The average molecular weight is 433 g/mol. The molecule has 0 spiro atoms. The zero-order valence-corrected chi connectivity index (χ0v) is 16.9. The number of nitrogens with zero attached hydrogens (tertiary/aromatic N) is 1. The second-order valence-electron chi connectivity index (χ2n) is 6.50. The number of amides is 1. The molecule has 2 aromatic carbocycles. The van der Waals surface area contributed by atoms with Crippen LogP contribution in [0, 0.1) is 0 Å². The lowest BCUT2D eigenvalue weighted by atomic mass is 10.2. The van der Waals surface area contributed by atoms with Gasteiger partial charge in [-0.1, -0.05) is 23.2 Å². The molecular weight excluding hydrogens is 415 g/mol. The van der Waals surface area contributed by atoms with E-state index in [4.69, 9.17) is 37.1 Å². The molecule has 0 atom stereocenters. The summed E-state index contributed by atoms with van der Waals surface area (Å²) in [4.78, 5) is 16.5. The summed E-state index contributed by atoms with van der Waals surface area (Å²) in [7, 11) is 0. The van der Waals surface area contributed by atoms with Crippen LogP contribution in [0.1, 0.15) is 18.7 Å². The molecule has 1 aliphatic rings. The van der Waals surface area contributed by atoms with E-state index in [-0.39, 0.29) is 12.3 Å². The van der Waals surface area contributed by atoms with Gasteiger partial charge in [0.2, 0.25) is 5.91 Å². The van der Waals surface area contributed by atoms with Gasteiger partial charge in [0.1, 0.15) is 0 Å². The molecule has 1 N–H and O–H groups in total. The van der Waals surface area contributed by atoms with Crippen LogP contribution < -0.4 is 14.8 Å². The van der Waals surface area contributed by atoms with Crippen LogP contribution in [0.25, 0.3) is 11.3 Å². The second kappa shape index (κ2) is 8.76. The van der Waals surface area contributed by atoms with Crippen LogP contribution >= 0.6 is 23.2 Å². The molecular formula is C21H18Cl2N2O4. The number of fused-ring (bicyclic) bond motifs is 1. The molecule has 0 unspecified atom stereocenters. The number of hydrogen-bond donors (Lipinski definition) is 1. The van der Waals surface area contributed by atoms with Crippen LogP contribution in [0.15, 0.2) is 47.0 Å². The van der Waals surface area contributed by atoms with Crippen molar-refractivity contribution in [2.24, 2.45) is 0 Å². The van der Waals surface area contributed by atoms with Crippen molar-refractivity contribution in [2.45, 2.75) is 19.3 Å². The Hall–Kier alpha value is -2.70. The van der Waals surface area contributed by atoms with Crippen LogP contribution in [0.3, 0.4) is 0 Å². The highest BCUT2D eigenvalue weighted by atomic mass is 35.5. The van der Waals surface area contributed by atoms with Crippen molar-refractivity contribution < 1.29 is 18.7 Å². The summed E-state index contributed by atoms with van der Waals surface area (Å²) in [5.74, 6) is 2.17. The molecule has 0 saturated heterocycles. The Balaban J connectivity index is 1.35. The van der Waals surface area contributed by atoms with Crippen molar-refractivity contribution in [3.05, 3.63) is 58.5 Å². The Morgan fingerprint density at radius 2 is 1.90 bits per heavy atom. The predicted molar refractivity (Wildman–Crippen MR) is 111 cm³/mol. The van der Waals surface area contributed by atoms with Crippen LogP contribution in [-0.2, 0) is 11.2 Å². The maximum Gasteiger partial charge on any atom is 0.224 e. The Morgan fingerprint density at radius 1 is 1.07 bits per heavy atom. The molecule has 0 aliphatic carbocycles. The molecule has 1 aromatic heterocycles. The highest BCUT2D eigenvalue weighted by Gasteiger charge is 2.14. The third kappa shape index (κ3) is 4.83. The first-order valence-corrected chi connectivity index (χ1v) is 9.94. The fraction of sp³-hybridized carbons (Fsp3) is 0.238. The van der Waals surface area contributed by atoms with Crippen molar-refractivity contribution in [1.82, 2.24) is 4.98 Å². The van der Waals surface area contributed by atoms with Gasteiger partial charge in [0, 0.05) is 41.6 Å². The minimum Gasteiger partial charge on any atom is -0.490 e. The monoisotopic (exact) mass is 432 g/mol. The number of carbonyl (C=O) groups is 1. The van der Waals surface area contributed by atoms with E-state index >= 15 is 0 Å². The van der Waals surface area contributed by atoms with Gasteiger partial charge in [-0.15, -0.1) is 0 Å². The number of rotatable bonds is 5. The first-order valence-electron chi connectivity index (χ1n) is 9.18. The summed E-state index contributed by atoms with van der Waals surface area (Å²) in [6, 6.07) is 10.5. The molecule has 2 heterocycles. The molecule has 3 aromatic rings. The van der Waals surface area contributed by atoms with Gasteiger partial charge in [0.15, 0.2) is 23.1 Å². The number of benzene rings is 2. The van der Waals surface area contributed by atoms with E-state index in [0.717, 1.165) is 6.42 Å². The molecule has 0 saturated carbocycles. The predicted octanol–water partition coefficient (Wildman–Crippen LogP) is 5.38. The highest BCUT2D eigenvalue weighted by Crippen LogP contribution is 2.33. The van der Waals surface area contributed by atoms with E-state index in [9.17, 15) is 4.79 Å². The molecule has 150 valence electrons. The minimum atomic E-state index is -0.149. The van der Waals surface area contributed by atoms with Crippen molar-refractivity contribution in [3.8, 4) is 22.8 Å². The smallest absolute Gasteiger partial charge is 0.224 e. The summed E-state index contributed by atoms with van der Waals surface area (Å²) in [6.45, 7) is 1.21. The van der Waals surface area contributed by atoms with Crippen LogP contribution in [0.2, 0.25) is 10.0 Å². The molecule has 4 rings (SSSR count). The Kier molecular flexibility index (Phi) is 5.92. The topological polar surface area (TPSA) is 73.6 Å². The van der Waals surface area contributed by atoms with Crippen LogP contribution in [0.5, 0.6) is 11.5 Å². The summed E-state index contributed by atoms with van der Waals surface area (Å²) in [5.41, 5.74) is 1.35. The fourth-order valence-electron chi connectivity index (χ4n) is 2.92. The van der Waals surface area contributed by atoms with E-state index in [2.05, 4.69) is 10.3 Å². The number of hydrogen-bond acceptors (Lipinski definition) is 5. The summed E-state index contributed by atoms with van der Waals surface area (Å²) in [5, 5.41) is 3.88. The number of halogens is 2.